The van der Waals surface area contributed by atoms with E-state index in [2.05, 4.69) is 5.32 Å². The second-order valence-electron chi connectivity index (χ2n) is 11.1. The topological polar surface area (TPSA) is 105 Å². The molecule has 4 rings (SSSR count). The number of hydrogen-bond acceptors (Lipinski definition) is 5. The number of benzene rings is 2. The summed E-state index contributed by atoms with van der Waals surface area (Å²) in [6.07, 6.45) is -1.89. The van der Waals surface area contributed by atoms with E-state index in [1.165, 1.54) is 0 Å². The summed E-state index contributed by atoms with van der Waals surface area (Å²) in [6, 6.07) is 13.7. The van der Waals surface area contributed by atoms with Crippen molar-refractivity contribution in [2.24, 2.45) is 0 Å². The number of carbonyl (C=O) groups is 3. The van der Waals surface area contributed by atoms with E-state index in [0.29, 0.717) is 0 Å². The van der Waals surface area contributed by atoms with E-state index < -0.39 is 54.7 Å². The Morgan fingerprint density at radius 1 is 1.08 bits per heavy atom. The molecule has 1 aliphatic carbocycles. The minimum Gasteiger partial charge on any atom is -0.480 e. The summed E-state index contributed by atoms with van der Waals surface area (Å²) >= 11 is 0. The number of rotatable bonds is 8. The average molecular weight is 545 g/mol. The third-order valence-corrected chi connectivity index (χ3v) is 6.97. The number of amides is 2. The quantitative estimate of drug-likeness (QED) is 0.436. The van der Waals surface area contributed by atoms with Gasteiger partial charge < -0.3 is 19.9 Å². The number of likely N-dealkylation sites (tertiary alicyclic amines) is 1. The Morgan fingerprint density at radius 2 is 1.67 bits per heavy atom. The van der Waals surface area contributed by atoms with Gasteiger partial charge in [0.25, 0.3) is 5.92 Å². The molecular formula is C29H34F2N2O6. The molecule has 39 heavy (non-hydrogen) atoms. The highest BCUT2D eigenvalue weighted by Crippen LogP contribution is 2.44. The van der Waals surface area contributed by atoms with Crippen molar-refractivity contribution in [3.8, 4) is 11.1 Å². The maximum Gasteiger partial charge on any atom is 0.410 e. The van der Waals surface area contributed by atoms with Crippen LogP contribution in [0.2, 0.25) is 0 Å². The fraction of sp³-hybridized carbons (Fsp3) is 0.483. The number of alkyl halides is 2. The molecule has 1 heterocycles. The van der Waals surface area contributed by atoms with Crippen LogP contribution in [0.4, 0.5) is 18.4 Å². The van der Waals surface area contributed by atoms with Crippen LogP contribution in [0.15, 0.2) is 48.5 Å². The van der Waals surface area contributed by atoms with E-state index in [4.69, 9.17) is 9.47 Å². The van der Waals surface area contributed by atoms with Gasteiger partial charge in [0, 0.05) is 18.4 Å². The molecule has 2 N–H and O–H groups in total. The zero-order valence-corrected chi connectivity index (χ0v) is 22.3. The lowest BCUT2D eigenvalue weighted by molar-refractivity contribution is -0.139. The first-order valence-electron chi connectivity index (χ1n) is 13.1. The van der Waals surface area contributed by atoms with Gasteiger partial charge in [-0.3, -0.25) is 4.90 Å². The number of ether oxygens (including phenoxy) is 2. The molecule has 2 atom stereocenters. The molecule has 10 heteroatoms. The van der Waals surface area contributed by atoms with E-state index >= 15 is 0 Å². The first kappa shape index (κ1) is 28.3. The largest absolute Gasteiger partial charge is 0.480 e. The smallest absolute Gasteiger partial charge is 0.410 e. The predicted octanol–water partition coefficient (Wildman–Crippen LogP) is 5.79. The normalized spacial score (nSPS) is 18.7. The van der Waals surface area contributed by atoms with Crippen LogP contribution >= 0.6 is 0 Å². The number of fused-ring (bicyclic) bond motifs is 3. The molecule has 0 saturated carbocycles. The van der Waals surface area contributed by atoms with Crippen molar-refractivity contribution in [1.29, 1.82) is 0 Å². The first-order chi connectivity index (χ1) is 18.3. The van der Waals surface area contributed by atoms with Gasteiger partial charge in [-0.25, -0.2) is 23.2 Å². The Morgan fingerprint density at radius 3 is 2.23 bits per heavy atom. The number of carbonyl (C=O) groups excluding carboxylic acids is 2. The molecule has 0 aromatic heterocycles. The summed E-state index contributed by atoms with van der Waals surface area (Å²) in [4.78, 5) is 37.8. The second-order valence-corrected chi connectivity index (χ2v) is 11.1. The molecule has 0 spiro atoms. The zero-order chi connectivity index (χ0) is 28.4. The molecule has 0 bridgehead atoms. The van der Waals surface area contributed by atoms with Crippen molar-refractivity contribution in [3.63, 3.8) is 0 Å². The van der Waals surface area contributed by atoms with E-state index in [-0.39, 0.29) is 31.8 Å². The highest BCUT2D eigenvalue weighted by Gasteiger charge is 2.48. The van der Waals surface area contributed by atoms with Crippen LogP contribution in [0.1, 0.15) is 63.5 Å². The van der Waals surface area contributed by atoms with E-state index in [0.717, 1.165) is 27.2 Å². The Balaban J connectivity index is 1.31. The number of aliphatic carboxylic acids is 1. The van der Waals surface area contributed by atoms with Crippen LogP contribution < -0.4 is 5.32 Å². The number of nitrogens with zero attached hydrogens (tertiary/aromatic N) is 1. The first-order valence-corrected chi connectivity index (χ1v) is 13.1. The average Bonchev–Trinajstić information content (AvgIpc) is 3.34. The van der Waals surface area contributed by atoms with Crippen molar-refractivity contribution in [2.45, 2.75) is 76.0 Å². The van der Waals surface area contributed by atoms with Gasteiger partial charge in [0.2, 0.25) is 0 Å². The number of alkyl carbamates (subject to hydrolysis) is 1. The minimum absolute atomic E-state index is 0.0102. The summed E-state index contributed by atoms with van der Waals surface area (Å²) in [6.45, 7) is 4.25. The SMILES string of the molecule is CC(C)(C)OC(=O)N1CC(F)(F)C[C@H]1CCC[C@H](NC(=O)OCC1c2ccccc2-c2ccccc21)C(=O)O. The van der Waals surface area contributed by atoms with Crippen LogP contribution in [0.3, 0.4) is 0 Å². The van der Waals surface area contributed by atoms with Gasteiger partial charge in [-0.05, 0) is 62.3 Å². The van der Waals surface area contributed by atoms with Gasteiger partial charge in [0.15, 0.2) is 0 Å². The van der Waals surface area contributed by atoms with Crippen molar-refractivity contribution >= 4 is 18.2 Å². The highest BCUT2D eigenvalue weighted by atomic mass is 19.3. The lowest BCUT2D eigenvalue weighted by Gasteiger charge is -2.28. The second kappa shape index (κ2) is 11.2. The maximum absolute atomic E-state index is 14.1. The molecule has 0 unspecified atom stereocenters. The maximum atomic E-state index is 14.1. The molecule has 8 nitrogen and oxygen atoms in total. The summed E-state index contributed by atoms with van der Waals surface area (Å²) in [5, 5.41) is 12.0. The predicted molar refractivity (Wildman–Crippen MR) is 140 cm³/mol. The highest BCUT2D eigenvalue weighted by molar-refractivity contribution is 5.81. The summed E-state index contributed by atoms with van der Waals surface area (Å²) in [7, 11) is 0. The molecule has 210 valence electrons. The Hall–Kier alpha value is -3.69. The molecule has 1 saturated heterocycles. The summed E-state index contributed by atoms with van der Waals surface area (Å²) in [5.74, 6) is -4.48. The van der Waals surface area contributed by atoms with E-state index in [9.17, 15) is 28.3 Å². The number of hydrogen-bond donors (Lipinski definition) is 2. The molecule has 2 amide bonds. The molecule has 1 fully saturated rings. The van der Waals surface area contributed by atoms with Crippen molar-refractivity contribution in [1.82, 2.24) is 10.2 Å². The van der Waals surface area contributed by atoms with Gasteiger partial charge in [0.1, 0.15) is 18.2 Å². The molecular weight excluding hydrogens is 510 g/mol. The number of halogens is 2. The molecule has 1 aliphatic heterocycles. The summed E-state index contributed by atoms with van der Waals surface area (Å²) < 4.78 is 38.9. The van der Waals surface area contributed by atoms with Crippen LogP contribution in [0.25, 0.3) is 11.1 Å². The van der Waals surface area contributed by atoms with Crippen LogP contribution in [-0.4, -0.2) is 64.9 Å². The monoisotopic (exact) mass is 544 g/mol. The zero-order valence-electron chi connectivity index (χ0n) is 22.3. The van der Waals surface area contributed by atoms with Gasteiger partial charge >= 0.3 is 18.2 Å². The number of carboxylic acid groups (broad SMARTS) is 1. The van der Waals surface area contributed by atoms with Crippen molar-refractivity contribution in [3.05, 3.63) is 59.7 Å². The lowest BCUT2D eigenvalue weighted by atomic mass is 9.98. The standard InChI is InChI=1S/C29H34F2N2O6/c1-28(2,3)39-27(37)33-17-29(30,31)15-18(33)9-8-14-24(25(34)35)32-26(36)38-16-23-21-12-6-4-10-19(21)20-11-5-7-13-22(20)23/h4-7,10-13,18,23-24H,8-9,14-17H2,1-3H3,(H,32,36)(H,34,35)/t18-,24+/m1/s1. The number of carboxylic acids is 1. The number of nitrogens with one attached hydrogen (secondary N) is 1. The van der Waals surface area contributed by atoms with Crippen molar-refractivity contribution < 1.29 is 37.7 Å². The Kier molecular flexibility index (Phi) is 8.13. The minimum atomic E-state index is -3.05. The Labute approximate surface area is 226 Å². The molecule has 2 aliphatic rings. The summed E-state index contributed by atoms with van der Waals surface area (Å²) in [5.41, 5.74) is 3.38. The van der Waals surface area contributed by atoms with Gasteiger partial charge in [-0.1, -0.05) is 48.5 Å². The van der Waals surface area contributed by atoms with Gasteiger partial charge in [-0.15, -0.1) is 0 Å². The van der Waals surface area contributed by atoms with Crippen LogP contribution in [0.5, 0.6) is 0 Å². The molecule has 2 aromatic rings. The molecule has 2 aromatic carbocycles. The fourth-order valence-corrected chi connectivity index (χ4v) is 5.29. The van der Waals surface area contributed by atoms with Crippen LogP contribution in [0, 0.1) is 0 Å². The molecule has 0 radical (unpaired) electrons. The third kappa shape index (κ3) is 6.85. The van der Waals surface area contributed by atoms with Crippen molar-refractivity contribution in [2.75, 3.05) is 13.2 Å². The van der Waals surface area contributed by atoms with E-state index in [1.807, 2.05) is 48.5 Å². The van der Waals surface area contributed by atoms with E-state index in [1.54, 1.807) is 20.8 Å². The van der Waals surface area contributed by atoms with Gasteiger partial charge in [-0.2, -0.15) is 0 Å². The Bertz CT molecular complexity index is 1180. The van der Waals surface area contributed by atoms with Crippen LogP contribution in [-0.2, 0) is 14.3 Å². The fourth-order valence-electron chi connectivity index (χ4n) is 5.29. The van der Waals surface area contributed by atoms with Gasteiger partial charge in [0.05, 0.1) is 6.54 Å². The lowest BCUT2D eigenvalue weighted by Crippen LogP contribution is -2.42. The third-order valence-electron chi connectivity index (χ3n) is 6.97.